The van der Waals surface area contributed by atoms with Gasteiger partial charge in [-0.15, -0.1) is 0 Å². The minimum Gasteiger partial charge on any atom is -0.374 e. The number of rotatable bonds is 5. The molecular formula is C17H26N2. The highest BCUT2D eigenvalue weighted by Gasteiger charge is 2.15. The highest BCUT2D eigenvalue weighted by atomic mass is 15.1. The molecule has 0 bridgehead atoms. The summed E-state index contributed by atoms with van der Waals surface area (Å²) in [5.74, 6) is 0. The van der Waals surface area contributed by atoms with E-state index >= 15 is 0 Å². The second-order valence-corrected chi connectivity index (χ2v) is 5.62. The third-order valence-electron chi connectivity index (χ3n) is 4.01. The molecule has 2 rings (SSSR count). The molecule has 1 aliphatic rings. The maximum absolute atomic E-state index is 3.54. The highest BCUT2D eigenvalue weighted by Crippen LogP contribution is 2.28. The van der Waals surface area contributed by atoms with Gasteiger partial charge in [0.25, 0.3) is 0 Å². The molecule has 0 radical (unpaired) electrons. The van der Waals surface area contributed by atoms with Crippen LogP contribution in [0.3, 0.4) is 0 Å². The summed E-state index contributed by atoms with van der Waals surface area (Å²) in [4.78, 5) is 2.33. The van der Waals surface area contributed by atoms with Crippen molar-refractivity contribution in [3.8, 4) is 0 Å². The van der Waals surface area contributed by atoms with Crippen LogP contribution >= 0.6 is 0 Å². The highest BCUT2D eigenvalue weighted by molar-refractivity contribution is 5.64. The van der Waals surface area contributed by atoms with Crippen LogP contribution in [0, 0.1) is 0 Å². The molecule has 1 heterocycles. The first kappa shape index (κ1) is 14.1. The minimum atomic E-state index is 0.455. The van der Waals surface area contributed by atoms with E-state index in [9.17, 15) is 0 Å². The Labute approximate surface area is 117 Å². The summed E-state index contributed by atoms with van der Waals surface area (Å²) in [7, 11) is 2.17. The summed E-state index contributed by atoms with van der Waals surface area (Å²) >= 11 is 0. The zero-order valence-corrected chi connectivity index (χ0v) is 12.7. The number of nitrogens with zero attached hydrogens (tertiary/aromatic N) is 1. The predicted molar refractivity (Wildman–Crippen MR) is 84.8 cm³/mol. The topological polar surface area (TPSA) is 15.3 Å². The fourth-order valence-corrected chi connectivity index (χ4v) is 2.59. The summed E-state index contributed by atoms with van der Waals surface area (Å²) in [5.41, 5.74) is 5.61. The Kier molecular flexibility index (Phi) is 4.65. The van der Waals surface area contributed by atoms with Gasteiger partial charge in [-0.2, -0.15) is 0 Å². The van der Waals surface area contributed by atoms with Crippen LogP contribution in [-0.2, 0) is 6.42 Å². The van der Waals surface area contributed by atoms with Crippen LogP contribution in [-0.4, -0.2) is 26.2 Å². The van der Waals surface area contributed by atoms with Crippen LogP contribution in [0.15, 0.2) is 23.8 Å². The van der Waals surface area contributed by atoms with Crippen molar-refractivity contribution in [3.05, 3.63) is 34.9 Å². The molecule has 0 saturated heterocycles. The molecule has 2 nitrogen and oxygen atoms in total. The first-order chi connectivity index (χ1) is 9.11. The van der Waals surface area contributed by atoms with E-state index in [-0.39, 0.29) is 0 Å². The standard InChI is InChI=1S/C17H26N2/c1-5-9-18-14(3)13(2)11-15-6-7-17-16(12-15)8-10-19(17)4/h6-7,11-12,14,18H,5,8-10H2,1-4H3/b13-11+. The Hall–Kier alpha value is -1.28. The van der Waals surface area contributed by atoms with Gasteiger partial charge in [-0.25, -0.2) is 0 Å². The molecule has 19 heavy (non-hydrogen) atoms. The lowest BCUT2D eigenvalue weighted by Gasteiger charge is -2.15. The van der Waals surface area contributed by atoms with Crippen LogP contribution in [0.1, 0.15) is 38.3 Å². The van der Waals surface area contributed by atoms with Crippen LogP contribution in [0.4, 0.5) is 5.69 Å². The lowest BCUT2D eigenvalue weighted by molar-refractivity contribution is 0.604. The second-order valence-electron chi connectivity index (χ2n) is 5.62. The van der Waals surface area contributed by atoms with Crippen molar-refractivity contribution in [2.24, 2.45) is 0 Å². The number of likely N-dealkylation sites (N-methyl/N-ethyl adjacent to an activating group) is 1. The van der Waals surface area contributed by atoms with Gasteiger partial charge in [0.05, 0.1) is 0 Å². The van der Waals surface area contributed by atoms with Crippen molar-refractivity contribution in [1.82, 2.24) is 5.32 Å². The van der Waals surface area contributed by atoms with Gasteiger partial charge in [0.2, 0.25) is 0 Å². The number of benzene rings is 1. The summed E-state index contributed by atoms with van der Waals surface area (Å²) in [5, 5.41) is 3.54. The Balaban J connectivity index is 2.10. The molecule has 1 N–H and O–H groups in total. The van der Waals surface area contributed by atoms with Crippen LogP contribution < -0.4 is 10.2 Å². The molecule has 2 heteroatoms. The molecule has 0 spiro atoms. The normalized spacial score (nSPS) is 16.6. The molecule has 0 saturated carbocycles. The second kappa shape index (κ2) is 6.25. The molecular weight excluding hydrogens is 232 g/mol. The van der Waals surface area contributed by atoms with E-state index in [1.54, 1.807) is 0 Å². The van der Waals surface area contributed by atoms with E-state index in [2.05, 4.69) is 62.3 Å². The van der Waals surface area contributed by atoms with Crippen molar-refractivity contribution in [1.29, 1.82) is 0 Å². The van der Waals surface area contributed by atoms with Crippen molar-refractivity contribution in [2.45, 2.75) is 39.7 Å². The van der Waals surface area contributed by atoms with Gasteiger partial charge < -0.3 is 10.2 Å². The van der Waals surface area contributed by atoms with Gasteiger partial charge in [-0.1, -0.05) is 24.6 Å². The lowest BCUT2D eigenvalue weighted by atomic mass is 10.0. The smallest absolute Gasteiger partial charge is 0.0397 e. The maximum atomic E-state index is 3.54. The van der Waals surface area contributed by atoms with Crippen LogP contribution in [0.5, 0.6) is 0 Å². The van der Waals surface area contributed by atoms with Gasteiger partial charge in [-0.05, 0) is 56.5 Å². The molecule has 0 amide bonds. The van der Waals surface area contributed by atoms with Gasteiger partial charge in [0, 0.05) is 25.3 Å². The molecule has 104 valence electrons. The summed E-state index contributed by atoms with van der Waals surface area (Å²) < 4.78 is 0. The number of fused-ring (bicyclic) bond motifs is 1. The molecule has 1 unspecified atom stereocenters. The van der Waals surface area contributed by atoms with E-state index in [1.807, 2.05) is 0 Å². The zero-order valence-electron chi connectivity index (χ0n) is 12.7. The number of anilines is 1. The molecule has 1 atom stereocenters. The molecule has 1 aliphatic heterocycles. The lowest BCUT2D eigenvalue weighted by Crippen LogP contribution is -2.27. The van der Waals surface area contributed by atoms with E-state index in [1.165, 1.54) is 35.2 Å². The van der Waals surface area contributed by atoms with E-state index in [0.717, 1.165) is 13.1 Å². The quantitative estimate of drug-likeness (QED) is 0.870. The van der Waals surface area contributed by atoms with Crippen LogP contribution in [0.25, 0.3) is 6.08 Å². The first-order valence-corrected chi connectivity index (χ1v) is 7.37. The number of hydrogen-bond donors (Lipinski definition) is 1. The Morgan fingerprint density at radius 3 is 3.00 bits per heavy atom. The van der Waals surface area contributed by atoms with Gasteiger partial charge in [0.15, 0.2) is 0 Å². The van der Waals surface area contributed by atoms with Gasteiger partial charge in [-0.3, -0.25) is 0 Å². The Bertz CT molecular complexity index is 462. The molecule has 0 aromatic heterocycles. The fourth-order valence-electron chi connectivity index (χ4n) is 2.59. The summed E-state index contributed by atoms with van der Waals surface area (Å²) in [6, 6.07) is 7.29. The van der Waals surface area contributed by atoms with Crippen LogP contribution in [0.2, 0.25) is 0 Å². The molecule has 1 aromatic rings. The zero-order chi connectivity index (χ0) is 13.8. The van der Waals surface area contributed by atoms with Crippen molar-refractivity contribution >= 4 is 11.8 Å². The number of nitrogens with one attached hydrogen (secondary N) is 1. The Morgan fingerprint density at radius 2 is 2.26 bits per heavy atom. The third kappa shape index (κ3) is 3.38. The van der Waals surface area contributed by atoms with Gasteiger partial charge in [0.1, 0.15) is 0 Å². The summed E-state index contributed by atoms with van der Waals surface area (Å²) in [6.07, 6.45) is 4.67. The van der Waals surface area contributed by atoms with E-state index < -0.39 is 0 Å². The average molecular weight is 258 g/mol. The predicted octanol–water partition coefficient (Wildman–Crippen LogP) is 3.47. The monoisotopic (exact) mass is 258 g/mol. The van der Waals surface area contributed by atoms with Crippen molar-refractivity contribution in [3.63, 3.8) is 0 Å². The fraction of sp³-hybridized carbons (Fsp3) is 0.529. The van der Waals surface area contributed by atoms with Gasteiger partial charge >= 0.3 is 0 Å². The number of hydrogen-bond acceptors (Lipinski definition) is 2. The van der Waals surface area contributed by atoms with E-state index in [0.29, 0.717) is 6.04 Å². The summed E-state index contributed by atoms with van der Waals surface area (Å²) in [6.45, 7) is 8.89. The minimum absolute atomic E-state index is 0.455. The van der Waals surface area contributed by atoms with E-state index in [4.69, 9.17) is 0 Å². The van der Waals surface area contributed by atoms with Crippen molar-refractivity contribution < 1.29 is 0 Å². The molecule has 0 fully saturated rings. The largest absolute Gasteiger partial charge is 0.374 e. The SMILES string of the molecule is CCCNC(C)/C(C)=C/c1ccc2c(c1)CCN2C. The third-order valence-corrected chi connectivity index (χ3v) is 4.01. The molecule has 0 aliphatic carbocycles. The average Bonchev–Trinajstić information content (AvgIpc) is 2.77. The van der Waals surface area contributed by atoms with Crippen molar-refractivity contribution in [2.75, 3.05) is 25.0 Å². The Morgan fingerprint density at radius 1 is 1.47 bits per heavy atom. The first-order valence-electron chi connectivity index (χ1n) is 7.37. The molecule has 1 aromatic carbocycles. The maximum Gasteiger partial charge on any atom is 0.0397 e.